The number of aliphatic hydroxyl groups is 1. The third-order valence-electron chi connectivity index (χ3n) is 14.3. The Labute approximate surface area is 508 Å². The van der Waals surface area contributed by atoms with Crippen LogP contribution in [0.25, 0.3) is 0 Å². The van der Waals surface area contributed by atoms with Gasteiger partial charge in [-0.2, -0.15) is 0 Å². The maximum Gasteiger partial charge on any atom is 0.335 e. The molecule has 2 aliphatic heterocycles. The number of carboxylic acid groups (broad SMARTS) is 4. The summed E-state index contributed by atoms with van der Waals surface area (Å²) in [6, 6.07) is -18.9. The third-order valence-corrected chi connectivity index (χ3v) is 14.3. The number of carboxylic acids is 4. The number of carbonyl (C=O) groups is 15. The smallest absolute Gasteiger partial charge is 0.335 e. The summed E-state index contributed by atoms with van der Waals surface area (Å²) in [5.74, 6) is -25.2. The Morgan fingerprint density at radius 3 is 1.86 bits per heavy atom. The van der Waals surface area contributed by atoms with Crippen LogP contribution < -0.4 is 58.9 Å². The first kappa shape index (κ1) is 75.3. The predicted molar refractivity (Wildman–Crippen MR) is 310 cm³/mol. The molecule has 2 heterocycles. The van der Waals surface area contributed by atoms with E-state index in [2.05, 4.69) is 43.8 Å². The minimum Gasteiger partial charge on any atom is -0.481 e. The molecule has 0 spiro atoms. The highest BCUT2D eigenvalue weighted by Gasteiger charge is 2.45. The van der Waals surface area contributed by atoms with E-state index in [0.29, 0.717) is 12.3 Å². The van der Waals surface area contributed by atoms with E-state index in [1.165, 1.54) is 33.8 Å². The van der Waals surface area contributed by atoms with Crippen molar-refractivity contribution in [2.75, 3.05) is 19.6 Å². The van der Waals surface area contributed by atoms with E-state index in [1.54, 1.807) is 19.1 Å². The fourth-order valence-electron chi connectivity index (χ4n) is 9.11. The van der Waals surface area contributed by atoms with Gasteiger partial charge >= 0.3 is 23.9 Å². The maximum atomic E-state index is 14.8. The monoisotopic (exact) mass is 1250 g/mol. The van der Waals surface area contributed by atoms with Crippen molar-refractivity contribution in [3.63, 3.8) is 0 Å². The fraction of sp³-hybridized carbons (Fsp3) is 0.625. The fourth-order valence-corrected chi connectivity index (χ4v) is 9.11. The van der Waals surface area contributed by atoms with Crippen LogP contribution in [0.1, 0.15) is 107 Å². The van der Waals surface area contributed by atoms with Gasteiger partial charge in [-0.15, -0.1) is 0 Å². The molecule has 0 aromatic carbocycles. The summed E-state index contributed by atoms with van der Waals surface area (Å²) in [5, 5.41) is 72.9. The normalized spacial score (nSPS) is 25.8. The third kappa shape index (κ3) is 23.5. The van der Waals surface area contributed by atoms with Crippen molar-refractivity contribution in [2.45, 2.75) is 174 Å². The zero-order valence-corrected chi connectivity index (χ0v) is 50.7. The molecular weight excluding hydrogens is 1160 g/mol. The van der Waals surface area contributed by atoms with Gasteiger partial charge in [-0.25, -0.2) is 4.79 Å². The number of unbranched alkanes of at least 4 members (excludes halogenated alkanes) is 1. The summed E-state index contributed by atoms with van der Waals surface area (Å²) in [4.78, 5) is 205. The van der Waals surface area contributed by atoms with Gasteiger partial charge in [0.25, 0.3) is 0 Å². The van der Waals surface area contributed by atoms with Crippen molar-refractivity contribution in [2.24, 2.45) is 35.3 Å². The molecule has 0 radical (unpaired) electrons. The highest BCUT2D eigenvalue weighted by atomic mass is 16.4. The molecule has 4 unspecified atom stereocenters. The van der Waals surface area contributed by atoms with E-state index in [-0.39, 0.29) is 44.3 Å². The van der Waals surface area contributed by atoms with E-state index < -0.39 is 192 Å². The van der Waals surface area contributed by atoms with Crippen molar-refractivity contribution in [3.05, 3.63) is 36.5 Å². The summed E-state index contributed by atoms with van der Waals surface area (Å²) in [6.07, 6.45) is 3.01. The van der Waals surface area contributed by atoms with Gasteiger partial charge in [0, 0.05) is 12.6 Å². The summed E-state index contributed by atoms with van der Waals surface area (Å²) in [7, 11) is 0. The number of nitrogens with one attached hydrogen (secondary N) is 10. The Bertz CT molecular complexity index is 2680. The van der Waals surface area contributed by atoms with Crippen LogP contribution in [-0.4, -0.2) is 205 Å². The van der Waals surface area contributed by atoms with Crippen LogP contribution in [0.15, 0.2) is 36.5 Å². The van der Waals surface area contributed by atoms with E-state index >= 15 is 0 Å². The Hall–Kier alpha value is -8.81. The second kappa shape index (κ2) is 35.7. The van der Waals surface area contributed by atoms with Crippen molar-refractivity contribution in [1.29, 1.82) is 0 Å². The average molecular weight is 1250 g/mol. The van der Waals surface area contributed by atoms with Crippen molar-refractivity contribution in [1.82, 2.24) is 58.1 Å². The largest absolute Gasteiger partial charge is 0.481 e. The molecule has 17 N–H and O–H groups in total. The molecule has 2 saturated heterocycles. The highest BCUT2D eigenvalue weighted by Crippen LogP contribution is 2.26. The van der Waals surface area contributed by atoms with Crippen LogP contribution in [0.2, 0.25) is 0 Å². The number of amides is 11. The van der Waals surface area contributed by atoms with Crippen LogP contribution in [0, 0.1) is 29.6 Å². The first-order valence-electron chi connectivity index (χ1n) is 28.6. The van der Waals surface area contributed by atoms with Crippen molar-refractivity contribution in [3.8, 4) is 0 Å². The Morgan fingerprint density at radius 1 is 0.705 bits per heavy atom. The van der Waals surface area contributed by atoms with Gasteiger partial charge in [-0.3, -0.25) is 67.1 Å². The Kier molecular flexibility index (Phi) is 30.6. The van der Waals surface area contributed by atoms with Gasteiger partial charge in [-0.1, -0.05) is 59.4 Å². The van der Waals surface area contributed by atoms with Crippen LogP contribution in [0.3, 0.4) is 0 Å². The molecule has 14 atom stereocenters. The first-order valence-corrected chi connectivity index (χ1v) is 28.6. The quantitative estimate of drug-likeness (QED) is 0.0213. The van der Waals surface area contributed by atoms with Gasteiger partial charge in [0.15, 0.2) is 6.10 Å². The molecule has 2 rings (SSSR count). The molecule has 32 nitrogen and oxygen atoms in total. The molecular formula is C56H86N12O20. The van der Waals surface area contributed by atoms with Crippen LogP contribution in [-0.2, 0) is 71.9 Å². The number of rotatable bonds is 22. The lowest BCUT2D eigenvalue weighted by Crippen LogP contribution is -2.65. The molecule has 0 aliphatic carbocycles. The number of allylic oxidation sites excluding steroid dienone is 3. The molecule has 2 aliphatic rings. The summed E-state index contributed by atoms with van der Waals surface area (Å²) in [6.45, 7) is 15.7. The standard InChI is InChI=1S/C56H86N12O20/c1-25(2)17-13-11-12-14-19-35(69)62-40(29(8)54(83)84)50(79)66-42-31(10)59-47(76)34-21-28(7)24-68(34)53(82)39(27(5)6)65-49(78)41(30(9)55(85)86)63-36(70)23-58-45(74)33(22-37(71)72)61-52(81)43(44(73)56(87)88)67-46(75)32(18-15-16-20-57)60-48(77)38(26(3)4)64-51(42)80/h11-12,14,19,25-26,28-34,38-44,73H,5,13,15-18,20-24,57H2,1-4,6-10H3,(H,58,74)(H,59,76)(H,60,77)(H,61,81)(H,62,69)(H,63,70)(H,64,80)(H,65,78)(H,66,79)(H,67,75)(H,71,72)(H,83,84)(H,85,86)(H,87,88)/b12-11-,19-14+/t28-,29?,30?,31?,32+,33+,34+,38-,39+,40+,41-,42+,43+,44?/m1/s1. The molecule has 490 valence electrons. The number of aliphatic hydroxyl groups excluding tert-OH is 1. The second-order valence-electron chi connectivity index (χ2n) is 22.7. The van der Waals surface area contributed by atoms with Crippen LogP contribution in [0.4, 0.5) is 0 Å². The summed E-state index contributed by atoms with van der Waals surface area (Å²) >= 11 is 0. The number of hydrogen-bond acceptors (Lipinski definition) is 17. The summed E-state index contributed by atoms with van der Waals surface area (Å²) < 4.78 is 0. The zero-order chi connectivity index (χ0) is 67.0. The lowest BCUT2D eigenvalue weighted by atomic mass is 9.98. The molecule has 88 heavy (non-hydrogen) atoms. The molecule has 0 aromatic rings. The maximum absolute atomic E-state index is 14.8. The molecule has 11 amide bonds. The zero-order valence-electron chi connectivity index (χ0n) is 50.7. The predicted octanol–water partition coefficient (Wildman–Crippen LogP) is -3.99. The highest BCUT2D eigenvalue weighted by molar-refractivity contribution is 6.02. The van der Waals surface area contributed by atoms with Gasteiger partial charge < -0.3 is 89.3 Å². The van der Waals surface area contributed by atoms with Crippen LogP contribution >= 0.6 is 0 Å². The second-order valence-corrected chi connectivity index (χ2v) is 22.7. The Morgan fingerprint density at radius 2 is 1.31 bits per heavy atom. The van der Waals surface area contributed by atoms with E-state index in [0.717, 1.165) is 31.2 Å². The number of carbonyl (C=O) groups excluding carboxylic acids is 11. The van der Waals surface area contributed by atoms with Crippen molar-refractivity contribution < 1.29 is 97.5 Å². The topological polar surface area (TPSA) is 507 Å². The average Bonchev–Trinajstić information content (AvgIpc) is 1.72. The van der Waals surface area contributed by atoms with Gasteiger partial charge in [0.05, 0.1) is 30.8 Å². The van der Waals surface area contributed by atoms with Gasteiger partial charge in [0.2, 0.25) is 65.0 Å². The molecule has 0 aromatic heterocycles. The van der Waals surface area contributed by atoms with E-state index in [1.807, 2.05) is 29.8 Å². The number of nitrogens with zero attached hydrogens (tertiary/aromatic N) is 1. The SMILES string of the molecule is C=C(C)[C@@H]1NC(=O)[C@@H](C(C)C(=O)O)NC(=O)CNC(=O)[C@H](CC(=O)O)NC(=O)[C@H](C(O)C(=O)O)NC(=O)[C@H](CCCCN)NC(=O)[C@@H](C(C)C)NC(=O)[C@@H](NC(=O)[C@@H](NC(=O)/C=C/C=C\CCC(C)C)C(C)C(=O)O)C(C)NC(=O)[C@@H]2C[C@@H](C)CN2C1=O. The lowest BCUT2D eigenvalue weighted by molar-refractivity contribution is -0.153. The van der Waals surface area contributed by atoms with E-state index in [9.17, 15) is 97.5 Å². The minimum absolute atomic E-state index is 0.0507. The van der Waals surface area contributed by atoms with Gasteiger partial charge in [0.1, 0.15) is 54.4 Å². The molecule has 0 saturated carbocycles. The number of nitrogens with two attached hydrogens (primary N) is 1. The minimum atomic E-state index is -2.84. The Balaban J connectivity index is 2.97. The molecule has 0 bridgehead atoms. The van der Waals surface area contributed by atoms with E-state index in [4.69, 9.17) is 5.73 Å². The van der Waals surface area contributed by atoms with Crippen LogP contribution in [0.5, 0.6) is 0 Å². The first-order chi connectivity index (χ1) is 41.0. The molecule has 32 heteroatoms. The number of aliphatic carboxylic acids is 4. The van der Waals surface area contributed by atoms with Crippen molar-refractivity contribution >= 4 is 88.9 Å². The lowest BCUT2D eigenvalue weighted by Gasteiger charge is -2.33. The molecule has 2 fully saturated rings. The summed E-state index contributed by atoms with van der Waals surface area (Å²) in [5.41, 5.74) is 5.62. The number of hydrogen-bond donors (Lipinski definition) is 16. The van der Waals surface area contributed by atoms with Gasteiger partial charge in [-0.05, 0) is 96.1 Å². The number of fused-ring (bicyclic) bond motifs is 1.